The Hall–Kier alpha value is -0.670. The third kappa shape index (κ3) is 1.54. The highest BCUT2D eigenvalue weighted by molar-refractivity contribution is 7.99. The first-order chi connectivity index (χ1) is 6.18. The number of carboxylic acids is 1. The molecular formula is C9H7ClO2S. The first kappa shape index (κ1) is 8.91. The van der Waals surface area contributed by atoms with Gasteiger partial charge in [-0.15, -0.1) is 11.8 Å². The first-order valence-corrected chi connectivity index (χ1v) is 5.20. The Balaban J connectivity index is 2.44. The van der Waals surface area contributed by atoms with Gasteiger partial charge in [0.05, 0.1) is 5.92 Å². The maximum absolute atomic E-state index is 10.8. The second-order valence-electron chi connectivity index (χ2n) is 2.88. The average molecular weight is 215 g/mol. The van der Waals surface area contributed by atoms with Gasteiger partial charge in [0, 0.05) is 15.7 Å². The van der Waals surface area contributed by atoms with Crippen LogP contribution in [-0.2, 0) is 4.79 Å². The van der Waals surface area contributed by atoms with Gasteiger partial charge in [0.25, 0.3) is 0 Å². The maximum Gasteiger partial charge on any atom is 0.311 e. The summed E-state index contributed by atoms with van der Waals surface area (Å²) in [6.07, 6.45) is 0. The molecule has 2 nitrogen and oxygen atoms in total. The topological polar surface area (TPSA) is 37.3 Å². The Labute approximate surface area is 84.9 Å². The van der Waals surface area contributed by atoms with Gasteiger partial charge in [0.1, 0.15) is 0 Å². The van der Waals surface area contributed by atoms with Gasteiger partial charge < -0.3 is 5.11 Å². The smallest absolute Gasteiger partial charge is 0.311 e. The number of thioether (sulfide) groups is 1. The van der Waals surface area contributed by atoms with Gasteiger partial charge in [-0.1, -0.05) is 17.7 Å². The lowest BCUT2D eigenvalue weighted by Gasteiger charge is -2.03. The van der Waals surface area contributed by atoms with Gasteiger partial charge in [0.2, 0.25) is 0 Å². The average Bonchev–Trinajstić information content (AvgIpc) is 2.46. The molecule has 0 fully saturated rings. The monoisotopic (exact) mass is 214 g/mol. The molecule has 0 aliphatic carbocycles. The van der Waals surface area contributed by atoms with Crippen LogP contribution >= 0.6 is 23.4 Å². The van der Waals surface area contributed by atoms with E-state index in [4.69, 9.17) is 16.7 Å². The number of halogens is 1. The molecule has 1 N–H and O–H groups in total. The maximum atomic E-state index is 10.8. The van der Waals surface area contributed by atoms with Crippen LogP contribution in [-0.4, -0.2) is 16.8 Å². The highest BCUT2D eigenvalue weighted by Gasteiger charge is 2.28. The standard InChI is InChI=1S/C9H7ClO2S/c10-5-1-2-6-7(9(11)12)4-13-8(6)3-5/h1-3,7H,4H2,(H,11,12). The van der Waals surface area contributed by atoms with E-state index in [1.165, 1.54) is 0 Å². The molecule has 68 valence electrons. The lowest BCUT2D eigenvalue weighted by molar-refractivity contribution is -0.138. The van der Waals surface area contributed by atoms with Crippen molar-refractivity contribution in [3.63, 3.8) is 0 Å². The van der Waals surface area contributed by atoms with Crippen molar-refractivity contribution < 1.29 is 9.90 Å². The van der Waals surface area contributed by atoms with E-state index in [1.807, 2.05) is 6.07 Å². The third-order valence-electron chi connectivity index (χ3n) is 2.05. The Kier molecular flexibility index (Phi) is 2.22. The highest BCUT2D eigenvalue weighted by atomic mass is 35.5. The van der Waals surface area contributed by atoms with Gasteiger partial charge in [-0.2, -0.15) is 0 Å². The van der Waals surface area contributed by atoms with Crippen LogP contribution in [0.5, 0.6) is 0 Å². The third-order valence-corrected chi connectivity index (χ3v) is 3.45. The molecule has 0 aromatic heterocycles. The summed E-state index contributed by atoms with van der Waals surface area (Å²) in [6, 6.07) is 5.36. The molecule has 1 heterocycles. The van der Waals surface area contributed by atoms with E-state index in [-0.39, 0.29) is 5.92 Å². The SMILES string of the molecule is O=C(O)C1CSc2cc(Cl)ccc21. The second kappa shape index (κ2) is 3.24. The molecule has 1 aromatic carbocycles. The molecule has 0 radical (unpaired) electrons. The van der Waals surface area contributed by atoms with Crippen molar-refractivity contribution in [1.29, 1.82) is 0 Å². The molecule has 1 unspecified atom stereocenters. The van der Waals surface area contributed by atoms with Gasteiger partial charge in [-0.25, -0.2) is 0 Å². The van der Waals surface area contributed by atoms with Crippen molar-refractivity contribution in [1.82, 2.24) is 0 Å². The number of rotatable bonds is 1. The molecule has 2 rings (SSSR count). The quantitative estimate of drug-likeness (QED) is 0.781. The van der Waals surface area contributed by atoms with Crippen LogP contribution in [0.15, 0.2) is 23.1 Å². The Bertz CT molecular complexity index is 365. The van der Waals surface area contributed by atoms with Crippen LogP contribution in [0.25, 0.3) is 0 Å². The number of hydrogen-bond donors (Lipinski definition) is 1. The van der Waals surface area contributed by atoms with Crippen LogP contribution in [0.1, 0.15) is 11.5 Å². The number of benzene rings is 1. The molecule has 1 atom stereocenters. The fourth-order valence-electron chi connectivity index (χ4n) is 1.39. The van der Waals surface area contributed by atoms with Crippen molar-refractivity contribution in [3.8, 4) is 0 Å². The van der Waals surface area contributed by atoms with E-state index in [0.29, 0.717) is 10.8 Å². The van der Waals surface area contributed by atoms with Gasteiger partial charge in [-0.3, -0.25) is 4.79 Å². The molecule has 0 saturated carbocycles. The van der Waals surface area contributed by atoms with Crippen molar-refractivity contribution in [2.75, 3.05) is 5.75 Å². The number of aliphatic carboxylic acids is 1. The number of fused-ring (bicyclic) bond motifs is 1. The minimum Gasteiger partial charge on any atom is -0.481 e. The minimum atomic E-state index is -0.756. The van der Waals surface area contributed by atoms with Crippen LogP contribution in [0.3, 0.4) is 0 Å². The summed E-state index contributed by atoms with van der Waals surface area (Å²) >= 11 is 7.34. The molecule has 1 aliphatic heterocycles. The molecule has 0 spiro atoms. The van der Waals surface area contributed by atoms with Crippen molar-refractivity contribution >= 4 is 29.3 Å². The molecule has 0 saturated heterocycles. The van der Waals surface area contributed by atoms with Gasteiger partial charge in [0.15, 0.2) is 0 Å². The molecule has 0 amide bonds. The lowest BCUT2D eigenvalue weighted by Crippen LogP contribution is -2.10. The van der Waals surface area contributed by atoms with E-state index in [9.17, 15) is 4.79 Å². The Morgan fingerprint density at radius 3 is 3.08 bits per heavy atom. The fourth-order valence-corrected chi connectivity index (χ4v) is 2.88. The molecule has 1 aliphatic rings. The highest BCUT2D eigenvalue weighted by Crippen LogP contribution is 2.40. The van der Waals surface area contributed by atoms with Gasteiger partial charge >= 0.3 is 5.97 Å². The predicted molar refractivity (Wildman–Crippen MR) is 52.6 cm³/mol. The zero-order valence-corrected chi connectivity index (χ0v) is 8.23. The Morgan fingerprint density at radius 2 is 2.38 bits per heavy atom. The van der Waals surface area contributed by atoms with E-state index < -0.39 is 5.97 Å². The first-order valence-electron chi connectivity index (χ1n) is 3.83. The predicted octanol–water partition coefficient (Wildman–Crippen LogP) is 2.61. The summed E-state index contributed by atoms with van der Waals surface area (Å²) in [7, 11) is 0. The van der Waals surface area contributed by atoms with E-state index >= 15 is 0 Å². The van der Waals surface area contributed by atoms with Crippen molar-refractivity contribution in [3.05, 3.63) is 28.8 Å². The summed E-state index contributed by atoms with van der Waals surface area (Å²) in [5.74, 6) is -0.504. The molecule has 13 heavy (non-hydrogen) atoms. The zero-order valence-electron chi connectivity index (χ0n) is 6.66. The van der Waals surface area contributed by atoms with Crippen LogP contribution in [0.2, 0.25) is 5.02 Å². The number of hydrogen-bond acceptors (Lipinski definition) is 2. The van der Waals surface area contributed by atoms with Crippen molar-refractivity contribution in [2.45, 2.75) is 10.8 Å². The van der Waals surface area contributed by atoms with E-state index in [2.05, 4.69) is 0 Å². The molecular weight excluding hydrogens is 208 g/mol. The normalized spacial score (nSPS) is 19.9. The van der Waals surface area contributed by atoms with Crippen LogP contribution < -0.4 is 0 Å². The summed E-state index contributed by atoms with van der Waals surface area (Å²) in [6.45, 7) is 0. The van der Waals surface area contributed by atoms with E-state index in [1.54, 1.807) is 23.9 Å². The fraction of sp³-hybridized carbons (Fsp3) is 0.222. The molecule has 4 heteroatoms. The largest absolute Gasteiger partial charge is 0.481 e. The number of carboxylic acid groups (broad SMARTS) is 1. The van der Waals surface area contributed by atoms with Crippen molar-refractivity contribution in [2.24, 2.45) is 0 Å². The Morgan fingerprint density at radius 1 is 1.62 bits per heavy atom. The molecule has 0 bridgehead atoms. The summed E-state index contributed by atoms with van der Waals surface area (Å²) in [5.41, 5.74) is 0.891. The van der Waals surface area contributed by atoms with Gasteiger partial charge in [-0.05, 0) is 17.7 Å². The summed E-state index contributed by atoms with van der Waals surface area (Å²) < 4.78 is 0. The number of carbonyl (C=O) groups is 1. The van der Waals surface area contributed by atoms with Crippen LogP contribution in [0, 0.1) is 0 Å². The molecule has 1 aromatic rings. The minimum absolute atomic E-state index is 0.364. The summed E-state index contributed by atoms with van der Waals surface area (Å²) in [4.78, 5) is 11.8. The van der Waals surface area contributed by atoms with Crippen LogP contribution in [0.4, 0.5) is 0 Å². The van der Waals surface area contributed by atoms with E-state index in [0.717, 1.165) is 10.5 Å². The zero-order chi connectivity index (χ0) is 9.42. The summed E-state index contributed by atoms with van der Waals surface area (Å²) in [5, 5.41) is 9.55. The lowest BCUT2D eigenvalue weighted by atomic mass is 10.0. The second-order valence-corrected chi connectivity index (χ2v) is 4.38.